The predicted octanol–water partition coefficient (Wildman–Crippen LogP) is 6.04. The van der Waals surface area contributed by atoms with Crippen LogP contribution in [-0.4, -0.2) is 120 Å². The molecule has 4 fully saturated rings. The maximum atomic E-state index is 14.7. The van der Waals surface area contributed by atoms with E-state index in [1.165, 1.54) is 0 Å². The number of likely N-dealkylation sites (N-methyl/N-ethyl adjacent to an activating group) is 1. The van der Waals surface area contributed by atoms with Crippen molar-refractivity contribution in [2.45, 2.75) is 153 Å². The molecule has 0 bridgehead atoms. The van der Waals surface area contributed by atoms with Gasteiger partial charge in [0.15, 0.2) is 18.4 Å². The van der Waals surface area contributed by atoms with E-state index in [1.54, 1.807) is 21.3 Å². The Balaban J connectivity index is 1.22. The summed E-state index contributed by atoms with van der Waals surface area (Å²) < 4.78 is 49.7. The van der Waals surface area contributed by atoms with Crippen molar-refractivity contribution in [3.05, 3.63) is 36.0 Å². The molecule has 54 heavy (non-hydrogen) atoms. The van der Waals surface area contributed by atoms with Crippen molar-refractivity contribution in [1.29, 1.82) is 0 Å². The molecule has 0 radical (unpaired) electrons. The fourth-order valence-electron chi connectivity index (χ4n) is 10.5. The van der Waals surface area contributed by atoms with Crippen molar-refractivity contribution >= 4 is 11.8 Å². The third-order valence-electron chi connectivity index (χ3n) is 13.3. The second kappa shape index (κ2) is 18.5. The van der Waals surface area contributed by atoms with Crippen LogP contribution < -0.4 is 0 Å². The van der Waals surface area contributed by atoms with Gasteiger partial charge in [-0.3, -0.25) is 9.59 Å². The van der Waals surface area contributed by atoms with Gasteiger partial charge in [-0.1, -0.05) is 38.2 Å². The number of nitrogens with zero attached hydrogens (tertiary/aromatic N) is 1. The smallest absolute Gasteiger partial charge is 0.307 e. The van der Waals surface area contributed by atoms with E-state index in [9.17, 15) is 9.59 Å². The van der Waals surface area contributed by atoms with Crippen LogP contribution in [0, 0.1) is 35.5 Å². The van der Waals surface area contributed by atoms with Gasteiger partial charge < -0.3 is 42.8 Å². The highest BCUT2D eigenvalue weighted by Crippen LogP contribution is 2.54. The van der Waals surface area contributed by atoms with Gasteiger partial charge in [-0.05, 0) is 115 Å². The second-order valence-electron chi connectivity index (χ2n) is 16.8. The Morgan fingerprint density at radius 3 is 2.30 bits per heavy atom. The van der Waals surface area contributed by atoms with Crippen molar-refractivity contribution in [3.8, 4) is 0 Å². The number of hydrogen-bond donors (Lipinski definition) is 0. The molecule has 11 heteroatoms. The molecule has 0 unspecified atom stereocenters. The minimum atomic E-state index is -0.600. The Labute approximate surface area is 323 Å². The molecule has 3 saturated heterocycles. The van der Waals surface area contributed by atoms with Crippen molar-refractivity contribution < 1.29 is 47.5 Å². The molecular formula is C43H67NO10. The molecule has 17 atom stereocenters. The maximum Gasteiger partial charge on any atom is 0.307 e. The summed E-state index contributed by atoms with van der Waals surface area (Å²) in [6.07, 6.45) is 14.6. The number of ketones is 1. The first kappa shape index (κ1) is 41.7. The minimum absolute atomic E-state index is 0.0270. The molecule has 11 nitrogen and oxygen atoms in total. The van der Waals surface area contributed by atoms with Crippen LogP contribution in [-0.2, 0) is 47.5 Å². The normalized spacial score (nSPS) is 44.6. The summed E-state index contributed by atoms with van der Waals surface area (Å²) in [5.41, 5.74) is 0.752. The lowest BCUT2D eigenvalue weighted by atomic mass is 9.70. The minimum Gasteiger partial charge on any atom is -0.458 e. The lowest BCUT2D eigenvalue weighted by Crippen LogP contribution is -2.59. The fraction of sp³-hybridized carbons (Fsp3) is 0.814. The number of allylic oxidation sites excluding steroid dienone is 5. The third kappa shape index (κ3) is 8.94. The largest absolute Gasteiger partial charge is 0.458 e. The molecule has 6 rings (SSSR count). The van der Waals surface area contributed by atoms with Crippen molar-refractivity contribution in [2.24, 2.45) is 35.5 Å². The zero-order valence-electron chi connectivity index (χ0n) is 34.1. The molecule has 3 aliphatic carbocycles. The number of carbonyl (C=O) groups excluding carboxylic acids is 2. The zero-order valence-corrected chi connectivity index (χ0v) is 34.1. The van der Waals surface area contributed by atoms with Gasteiger partial charge >= 0.3 is 5.97 Å². The Kier molecular flexibility index (Phi) is 14.3. The highest BCUT2D eigenvalue weighted by atomic mass is 16.7. The van der Waals surface area contributed by atoms with Crippen molar-refractivity contribution in [1.82, 2.24) is 4.90 Å². The van der Waals surface area contributed by atoms with Crippen LogP contribution in [0.1, 0.15) is 85.5 Å². The summed E-state index contributed by atoms with van der Waals surface area (Å²) in [5.74, 6) is -0.122. The molecule has 0 aromatic heterocycles. The molecule has 304 valence electrons. The van der Waals surface area contributed by atoms with Gasteiger partial charge in [0.05, 0.1) is 30.8 Å². The van der Waals surface area contributed by atoms with E-state index in [-0.39, 0.29) is 103 Å². The van der Waals surface area contributed by atoms with E-state index in [2.05, 4.69) is 57.1 Å². The average molecular weight is 758 g/mol. The molecule has 3 aliphatic heterocycles. The number of ether oxygens (including phenoxy) is 8. The number of hydrogen-bond acceptors (Lipinski definition) is 11. The van der Waals surface area contributed by atoms with Crippen LogP contribution in [0.15, 0.2) is 36.0 Å². The summed E-state index contributed by atoms with van der Waals surface area (Å²) >= 11 is 0. The monoisotopic (exact) mass is 757 g/mol. The summed E-state index contributed by atoms with van der Waals surface area (Å²) in [7, 11) is 9.15. The molecule has 0 amide bonds. The number of carbonyl (C=O) groups is 2. The topological polar surface area (TPSA) is 111 Å². The molecular weight excluding hydrogens is 690 g/mol. The van der Waals surface area contributed by atoms with Gasteiger partial charge in [-0.2, -0.15) is 0 Å². The first-order valence-electron chi connectivity index (χ1n) is 20.6. The third-order valence-corrected chi connectivity index (χ3v) is 13.3. The number of esters is 1. The van der Waals surface area contributed by atoms with Crippen LogP contribution in [0.4, 0.5) is 0 Å². The lowest BCUT2D eigenvalue weighted by Gasteiger charge is -2.44. The van der Waals surface area contributed by atoms with Crippen molar-refractivity contribution in [2.75, 3.05) is 35.4 Å². The van der Waals surface area contributed by atoms with Gasteiger partial charge in [0, 0.05) is 39.2 Å². The van der Waals surface area contributed by atoms with E-state index < -0.39 is 12.4 Å². The van der Waals surface area contributed by atoms with E-state index in [0.717, 1.165) is 44.1 Å². The summed E-state index contributed by atoms with van der Waals surface area (Å²) in [6, 6.07) is 0.330. The number of rotatable bonds is 10. The van der Waals surface area contributed by atoms with E-state index >= 15 is 0 Å². The molecule has 1 saturated carbocycles. The molecule has 6 aliphatic rings. The van der Waals surface area contributed by atoms with Crippen LogP contribution in [0.5, 0.6) is 0 Å². The summed E-state index contributed by atoms with van der Waals surface area (Å²) in [5, 5.41) is 0. The van der Waals surface area contributed by atoms with Crippen LogP contribution in [0.25, 0.3) is 0 Å². The van der Waals surface area contributed by atoms with E-state index in [1.807, 2.05) is 19.9 Å². The van der Waals surface area contributed by atoms with Gasteiger partial charge in [0.1, 0.15) is 24.4 Å². The maximum absolute atomic E-state index is 14.7. The quantitative estimate of drug-likeness (QED) is 0.192. The average Bonchev–Trinajstić information content (AvgIpc) is 3.72. The Hall–Kier alpha value is -1.96. The molecule has 0 N–H and O–H groups in total. The number of methoxy groups -OCH3 is 3. The Morgan fingerprint density at radius 1 is 0.852 bits per heavy atom. The first-order chi connectivity index (χ1) is 26.0. The van der Waals surface area contributed by atoms with Crippen LogP contribution in [0.2, 0.25) is 0 Å². The van der Waals surface area contributed by atoms with Gasteiger partial charge in [-0.25, -0.2) is 0 Å². The van der Waals surface area contributed by atoms with Crippen LogP contribution >= 0.6 is 0 Å². The van der Waals surface area contributed by atoms with E-state index in [4.69, 9.17) is 37.9 Å². The van der Waals surface area contributed by atoms with Crippen LogP contribution in [0.3, 0.4) is 0 Å². The van der Waals surface area contributed by atoms with Gasteiger partial charge in [-0.15, -0.1) is 0 Å². The fourth-order valence-corrected chi connectivity index (χ4v) is 10.5. The first-order valence-corrected chi connectivity index (χ1v) is 20.6. The SMILES string of the molecule is CC/C=C/[C@H]1CCC[C@H](O[C@H]2CC[C@H](N(C)C)[C@H](C)O2)[C@@H](C)C(=O)C2=C[C@@H]3[C@@H](C=C[C@@H]4C[C@@H](O[C@@H]5O[C@@H](C)[C@H](OC)[C@@H](OC)[C@H]5OC)C[C@@H]34)[C@@H]2CC(=O)O1. The summed E-state index contributed by atoms with van der Waals surface area (Å²) in [4.78, 5) is 30.6. The van der Waals surface area contributed by atoms with Gasteiger partial charge in [0.2, 0.25) is 0 Å². The highest BCUT2D eigenvalue weighted by molar-refractivity contribution is 5.99. The number of Topliss-reactive ketones (excluding diaryl/α,β-unsaturated/α-hetero) is 1. The zero-order chi connectivity index (χ0) is 38.7. The van der Waals surface area contributed by atoms with Gasteiger partial charge in [0.25, 0.3) is 0 Å². The Morgan fingerprint density at radius 2 is 1.61 bits per heavy atom. The highest BCUT2D eigenvalue weighted by Gasteiger charge is 2.52. The standard InChI is InChI=1S/C43H67NO10/c1-10-11-13-28-14-12-15-36(54-38-19-18-35(44(5)6)25(3)50-38)24(2)39(46)34-22-32-30(33(34)23-37(45)52-28)17-16-27-20-29(21-31(27)32)53-43-42(49-9)41(48-8)40(47-7)26(4)51-43/h11,13,16-17,22,24-33,35-36,38,40-43H,10,12,14-15,18-21,23H2,1-9H3/b13-11+/t24-,25+,26+,27-,28+,29-,30-,31-,32-,33+,35+,36+,38+,40+,41-,42-,43+/m1/s1. The molecule has 0 aromatic rings. The lowest BCUT2D eigenvalue weighted by molar-refractivity contribution is -0.314. The number of cyclic esters (lactones) is 1. The van der Waals surface area contributed by atoms with Crippen molar-refractivity contribution in [3.63, 3.8) is 0 Å². The summed E-state index contributed by atoms with van der Waals surface area (Å²) in [6.45, 7) is 8.17. The predicted molar refractivity (Wildman–Crippen MR) is 203 cm³/mol. The molecule has 0 aromatic carbocycles. The Bertz CT molecular complexity index is 1370. The molecule has 3 heterocycles. The second-order valence-corrected chi connectivity index (χ2v) is 16.8. The molecule has 0 spiro atoms. The number of fused-ring (bicyclic) bond motifs is 5. The van der Waals surface area contributed by atoms with E-state index in [0.29, 0.717) is 18.9 Å².